The van der Waals surface area contributed by atoms with E-state index >= 15 is 0 Å². The van der Waals surface area contributed by atoms with Gasteiger partial charge in [0.05, 0.1) is 12.6 Å². The van der Waals surface area contributed by atoms with Crippen molar-refractivity contribution in [2.24, 2.45) is 11.7 Å². The second-order valence-electron chi connectivity index (χ2n) is 8.65. The lowest BCUT2D eigenvalue weighted by Gasteiger charge is -2.25. The number of hydrogen-bond donors (Lipinski definition) is 7. The molecule has 0 aliphatic heterocycles. The van der Waals surface area contributed by atoms with Gasteiger partial charge in [0.1, 0.15) is 12.1 Å². The van der Waals surface area contributed by atoms with E-state index in [9.17, 15) is 24.0 Å². The number of fused-ring (bicyclic) bond motifs is 1. The van der Waals surface area contributed by atoms with Crippen LogP contribution in [0.4, 0.5) is 0 Å². The number of aliphatic carboxylic acids is 2. The Balaban J connectivity index is 1.96. The van der Waals surface area contributed by atoms with Gasteiger partial charge in [0.25, 0.3) is 0 Å². The molecule has 8 N–H and O–H groups in total. The summed E-state index contributed by atoms with van der Waals surface area (Å²) in [5, 5.41) is 26.1. The largest absolute Gasteiger partial charge is 0.481 e. The Hall–Kier alpha value is -3.93. The molecule has 3 amide bonds. The maximum Gasteiger partial charge on any atom is 0.326 e. The van der Waals surface area contributed by atoms with Crippen LogP contribution in [0, 0.1) is 5.92 Å². The molecule has 1 aromatic carbocycles. The lowest BCUT2D eigenvalue weighted by atomic mass is 9.97. The van der Waals surface area contributed by atoms with E-state index in [1.807, 2.05) is 31.2 Å². The number of rotatable bonds is 14. The van der Waals surface area contributed by atoms with E-state index in [0.29, 0.717) is 6.42 Å². The monoisotopic (exact) mass is 503 g/mol. The predicted octanol–water partition coefficient (Wildman–Crippen LogP) is 0.119. The Morgan fingerprint density at radius 1 is 1.06 bits per heavy atom. The predicted molar refractivity (Wildman–Crippen MR) is 131 cm³/mol. The topological polar surface area (TPSA) is 204 Å². The maximum atomic E-state index is 12.8. The van der Waals surface area contributed by atoms with Gasteiger partial charge in [-0.1, -0.05) is 38.5 Å². The molecule has 2 rings (SSSR count). The minimum atomic E-state index is -1.40. The summed E-state index contributed by atoms with van der Waals surface area (Å²) in [6.45, 7) is 3.07. The number of amides is 3. The van der Waals surface area contributed by atoms with Crippen LogP contribution >= 0.6 is 0 Å². The molecule has 0 bridgehead atoms. The summed E-state index contributed by atoms with van der Waals surface area (Å²) in [6, 6.07) is 4.32. The van der Waals surface area contributed by atoms with Gasteiger partial charge in [-0.15, -0.1) is 0 Å². The third-order valence-corrected chi connectivity index (χ3v) is 5.95. The highest BCUT2D eigenvalue weighted by Gasteiger charge is 2.29. The van der Waals surface area contributed by atoms with Crippen LogP contribution in [0.5, 0.6) is 0 Å². The van der Waals surface area contributed by atoms with Crippen LogP contribution in [0.2, 0.25) is 0 Å². The molecule has 0 radical (unpaired) electrons. The Morgan fingerprint density at radius 3 is 2.39 bits per heavy atom. The fourth-order valence-corrected chi connectivity index (χ4v) is 3.64. The van der Waals surface area contributed by atoms with E-state index in [-0.39, 0.29) is 18.8 Å². The molecule has 4 atom stereocenters. The zero-order valence-corrected chi connectivity index (χ0v) is 20.2. The quantitative estimate of drug-likeness (QED) is 0.188. The third-order valence-electron chi connectivity index (χ3n) is 5.95. The number of hydrogen-bond acceptors (Lipinski definition) is 6. The van der Waals surface area contributed by atoms with E-state index in [0.717, 1.165) is 16.5 Å². The van der Waals surface area contributed by atoms with Crippen LogP contribution in [0.15, 0.2) is 30.5 Å². The molecule has 1 heterocycles. The summed E-state index contributed by atoms with van der Waals surface area (Å²) in [4.78, 5) is 62.8. The highest BCUT2D eigenvalue weighted by molar-refractivity contribution is 5.93. The van der Waals surface area contributed by atoms with Crippen molar-refractivity contribution in [1.29, 1.82) is 0 Å². The number of nitrogens with one attached hydrogen (secondary N) is 4. The van der Waals surface area contributed by atoms with Crippen LogP contribution in [0.1, 0.15) is 38.7 Å². The van der Waals surface area contributed by atoms with Crippen LogP contribution in [-0.4, -0.2) is 69.5 Å². The van der Waals surface area contributed by atoms with Crippen molar-refractivity contribution in [2.75, 3.05) is 6.54 Å². The number of H-pyrrole nitrogens is 1. The minimum Gasteiger partial charge on any atom is -0.481 e. The maximum absolute atomic E-state index is 12.8. The number of carboxylic acid groups (broad SMARTS) is 2. The van der Waals surface area contributed by atoms with Crippen molar-refractivity contribution in [1.82, 2.24) is 20.9 Å². The normalized spacial score (nSPS) is 14.3. The van der Waals surface area contributed by atoms with Crippen LogP contribution in [0.25, 0.3) is 10.9 Å². The smallest absolute Gasteiger partial charge is 0.326 e. The van der Waals surface area contributed by atoms with Crippen molar-refractivity contribution in [3.63, 3.8) is 0 Å². The Labute approximate surface area is 208 Å². The SMILES string of the molecule is CCC(C)C(NC(=O)C(N)Cc1c[nH]c2ccccc12)C(=O)NCC(=O)NC(CCC(=O)O)C(=O)O. The van der Waals surface area contributed by atoms with E-state index in [1.54, 1.807) is 13.1 Å². The van der Waals surface area contributed by atoms with Gasteiger partial charge in [0, 0.05) is 23.5 Å². The van der Waals surface area contributed by atoms with Crippen LogP contribution < -0.4 is 21.7 Å². The van der Waals surface area contributed by atoms with E-state index in [2.05, 4.69) is 20.9 Å². The molecule has 1 aromatic heterocycles. The number of benzene rings is 1. The minimum absolute atomic E-state index is 0.250. The summed E-state index contributed by atoms with van der Waals surface area (Å²) < 4.78 is 0. The Morgan fingerprint density at radius 2 is 1.75 bits per heavy atom. The first-order valence-electron chi connectivity index (χ1n) is 11.7. The highest BCUT2D eigenvalue weighted by Crippen LogP contribution is 2.19. The second kappa shape index (κ2) is 13.2. The van der Waals surface area contributed by atoms with E-state index in [1.165, 1.54) is 0 Å². The number of aromatic nitrogens is 1. The average Bonchev–Trinajstić information content (AvgIpc) is 3.25. The number of para-hydroxylation sites is 1. The molecule has 12 heteroatoms. The first-order chi connectivity index (χ1) is 17.0. The molecule has 36 heavy (non-hydrogen) atoms. The number of aromatic amines is 1. The van der Waals surface area contributed by atoms with Gasteiger partial charge in [-0.25, -0.2) is 4.79 Å². The molecule has 2 aromatic rings. The lowest BCUT2D eigenvalue weighted by molar-refractivity contribution is -0.143. The molecular formula is C24H33N5O7. The fourth-order valence-electron chi connectivity index (χ4n) is 3.64. The van der Waals surface area contributed by atoms with Gasteiger partial charge in [-0.2, -0.15) is 0 Å². The molecule has 0 saturated carbocycles. The van der Waals surface area contributed by atoms with Gasteiger partial charge >= 0.3 is 11.9 Å². The van der Waals surface area contributed by atoms with Gasteiger partial charge < -0.3 is 36.9 Å². The summed E-state index contributed by atoms with van der Waals surface area (Å²) in [6.07, 6.45) is 1.85. The third kappa shape index (κ3) is 8.08. The molecule has 0 spiro atoms. The second-order valence-corrected chi connectivity index (χ2v) is 8.65. The number of carbonyl (C=O) groups is 5. The molecular weight excluding hydrogens is 470 g/mol. The molecule has 12 nitrogen and oxygen atoms in total. The summed E-state index contributed by atoms with van der Waals surface area (Å²) in [5.41, 5.74) is 7.91. The Bertz CT molecular complexity index is 1100. The van der Waals surface area contributed by atoms with Crippen molar-refractivity contribution in [3.05, 3.63) is 36.0 Å². The summed E-state index contributed by atoms with van der Waals surface area (Å²) in [7, 11) is 0. The fraction of sp³-hybridized carbons (Fsp3) is 0.458. The molecule has 4 unspecified atom stereocenters. The highest BCUT2D eigenvalue weighted by atomic mass is 16.4. The van der Waals surface area contributed by atoms with Gasteiger partial charge in [0.15, 0.2) is 0 Å². The van der Waals surface area contributed by atoms with Crippen LogP contribution in [0.3, 0.4) is 0 Å². The zero-order valence-electron chi connectivity index (χ0n) is 20.2. The average molecular weight is 504 g/mol. The van der Waals surface area contributed by atoms with Crippen molar-refractivity contribution < 1.29 is 34.2 Å². The summed E-state index contributed by atoms with van der Waals surface area (Å²) >= 11 is 0. The Kier molecular flexibility index (Phi) is 10.4. The van der Waals surface area contributed by atoms with E-state index in [4.69, 9.17) is 15.9 Å². The van der Waals surface area contributed by atoms with Gasteiger partial charge in [-0.05, 0) is 30.4 Å². The van der Waals surface area contributed by atoms with Crippen molar-refractivity contribution in [3.8, 4) is 0 Å². The van der Waals surface area contributed by atoms with Crippen molar-refractivity contribution in [2.45, 2.75) is 57.7 Å². The lowest BCUT2D eigenvalue weighted by Crippen LogP contribution is -2.56. The number of carboxylic acids is 2. The molecule has 196 valence electrons. The summed E-state index contributed by atoms with van der Waals surface area (Å²) in [5.74, 6) is -4.80. The molecule has 0 fully saturated rings. The standard InChI is InChI=1S/C24H33N5O7/c1-3-13(2)21(23(34)27-12-19(30)28-18(24(35)36)8-9-20(31)32)29-22(33)16(25)10-14-11-26-17-7-5-4-6-15(14)17/h4-7,11,13,16,18,21,26H,3,8-10,12,25H2,1-2H3,(H,27,34)(H,28,30)(H,29,33)(H,31,32)(H,35,36). The molecule has 0 aliphatic rings. The number of carbonyl (C=O) groups excluding carboxylic acids is 3. The van der Waals surface area contributed by atoms with Gasteiger partial charge in [0.2, 0.25) is 17.7 Å². The molecule has 0 saturated heterocycles. The first-order valence-corrected chi connectivity index (χ1v) is 11.7. The first kappa shape index (κ1) is 28.3. The number of nitrogens with two attached hydrogens (primary N) is 1. The van der Waals surface area contributed by atoms with Gasteiger partial charge in [-0.3, -0.25) is 19.2 Å². The van der Waals surface area contributed by atoms with Crippen molar-refractivity contribution >= 4 is 40.6 Å². The van der Waals surface area contributed by atoms with Crippen LogP contribution in [-0.2, 0) is 30.4 Å². The zero-order chi connectivity index (χ0) is 26.8. The molecule has 0 aliphatic carbocycles. The van der Waals surface area contributed by atoms with E-state index < -0.39 is 60.8 Å².